The number of carbonyl (C=O) groups is 1. The summed E-state index contributed by atoms with van der Waals surface area (Å²) in [6.45, 7) is 2.23. The Bertz CT molecular complexity index is 600. The molecule has 0 unspecified atom stereocenters. The molecule has 1 atom stereocenters. The zero-order chi connectivity index (χ0) is 14.8. The van der Waals surface area contributed by atoms with Crippen LogP contribution in [0.25, 0.3) is 0 Å². The number of sulfonamides is 1. The van der Waals surface area contributed by atoms with E-state index in [1.165, 1.54) is 16.4 Å². The van der Waals surface area contributed by atoms with E-state index in [0.717, 1.165) is 0 Å². The molecule has 6 nitrogen and oxygen atoms in total. The Morgan fingerprint density at radius 1 is 1.45 bits per heavy atom. The minimum Gasteiger partial charge on any atom is -0.465 e. The third kappa shape index (κ3) is 2.64. The van der Waals surface area contributed by atoms with Crippen LogP contribution < -0.4 is 5.73 Å². The highest BCUT2D eigenvalue weighted by atomic mass is 32.2. The van der Waals surface area contributed by atoms with E-state index in [0.29, 0.717) is 19.4 Å². The molecule has 0 aromatic heterocycles. The van der Waals surface area contributed by atoms with Gasteiger partial charge in [0.25, 0.3) is 0 Å². The van der Waals surface area contributed by atoms with Crippen LogP contribution >= 0.6 is 0 Å². The topological polar surface area (TPSA) is 89.7 Å². The molecule has 0 spiro atoms. The lowest BCUT2D eigenvalue weighted by atomic mass is 10.2. The fourth-order valence-electron chi connectivity index (χ4n) is 2.34. The van der Waals surface area contributed by atoms with Gasteiger partial charge in [-0.2, -0.15) is 4.31 Å². The summed E-state index contributed by atoms with van der Waals surface area (Å²) >= 11 is 0. The third-order valence-electron chi connectivity index (χ3n) is 3.27. The van der Waals surface area contributed by atoms with Crippen LogP contribution in [0.1, 0.15) is 19.8 Å². The van der Waals surface area contributed by atoms with Crippen LogP contribution in [0.3, 0.4) is 0 Å². The van der Waals surface area contributed by atoms with Crippen molar-refractivity contribution in [1.29, 1.82) is 0 Å². The van der Waals surface area contributed by atoms with Gasteiger partial charge in [0, 0.05) is 6.54 Å². The van der Waals surface area contributed by atoms with Gasteiger partial charge in [-0.3, -0.25) is 4.79 Å². The summed E-state index contributed by atoms with van der Waals surface area (Å²) in [4.78, 5) is 11.9. The first-order chi connectivity index (χ1) is 9.48. The van der Waals surface area contributed by atoms with Crippen molar-refractivity contribution in [3.05, 3.63) is 24.3 Å². The highest BCUT2D eigenvalue weighted by Gasteiger charge is 2.40. The Hall–Kier alpha value is -1.60. The number of esters is 1. The molecule has 1 fully saturated rings. The van der Waals surface area contributed by atoms with E-state index in [2.05, 4.69) is 0 Å². The van der Waals surface area contributed by atoms with Crippen LogP contribution in [0, 0.1) is 0 Å². The van der Waals surface area contributed by atoms with E-state index in [-0.39, 0.29) is 17.2 Å². The molecule has 110 valence electrons. The zero-order valence-electron chi connectivity index (χ0n) is 11.3. The summed E-state index contributed by atoms with van der Waals surface area (Å²) in [5.41, 5.74) is 5.91. The predicted molar refractivity (Wildman–Crippen MR) is 74.4 cm³/mol. The SMILES string of the molecule is CCOC(=O)[C@@H]1CCCN1S(=O)(=O)c1ccccc1N. The molecule has 1 saturated heterocycles. The van der Waals surface area contributed by atoms with E-state index >= 15 is 0 Å². The van der Waals surface area contributed by atoms with Crippen LogP contribution in [-0.2, 0) is 19.6 Å². The molecule has 0 aliphatic carbocycles. The van der Waals surface area contributed by atoms with Crippen molar-refractivity contribution in [2.45, 2.75) is 30.7 Å². The molecule has 0 saturated carbocycles. The molecule has 7 heteroatoms. The van der Waals surface area contributed by atoms with Gasteiger partial charge in [0.2, 0.25) is 10.0 Å². The third-order valence-corrected chi connectivity index (χ3v) is 5.25. The van der Waals surface area contributed by atoms with Gasteiger partial charge >= 0.3 is 5.97 Å². The highest BCUT2D eigenvalue weighted by Crippen LogP contribution is 2.29. The number of benzene rings is 1. The highest BCUT2D eigenvalue weighted by molar-refractivity contribution is 7.89. The molecule has 1 aromatic rings. The fourth-order valence-corrected chi connectivity index (χ4v) is 4.11. The molecule has 0 radical (unpaired) electrons. The van der Waals surface area contributed by atoms with Crippen molar-refractivity contribution >= 4 is 21.7 Å². The predicted octanol–water partition coefficient (Wildman–Crippen LogP) is 0.985. The maximum absolute atomic E-state index is 12.6. The summed E-state index contributed by atoms with van der Waals surface area (Å²) in [6, 6.07) is 5.51. The second-order valence-corrected chi connectivity index (χ2v) is 6.42. The number of hydrogen-bond donors (Lipinski definition) is 1. The minimum atomic E-state index is -3.77. The van der Waals surface area contributed by atoms with Gasteiger partial charge in [-0.25, -0.2) is 8.42 Å². The van der Waals surface area contributed by atoms with Crippen molar-refractivity contribution < 1.29 is 17.9 Å². The lowest BCUT2D eigenvalue weighted by Crippen LogP contribution is -2.41. The number of hydrogen-bond acceptors (Lipinski definition) is 5. The van der Waals surface area contributed by atoms with Gasteiger partial charge in [-0.05, 0) is 31.9 Å². The molecule has 2 rings (SSSR count). The van der Waals surface area contributed by atoms with Gasteiger partial charge in [0.15, 0.2) is 0 Å². The second-order valence-electron chi connectivity index (χ2n) is 4.56. The van der Waals surface area contributed by atoms with Crippen molar-refractivity contribution in [3.63, 3.8) is 0 Å². The first-order valence-electron chi connectivity index (χ1n) is 6.51. The number of nitrogens with zero attached hydrogens (tertiary/aromatic N) is 1. The Kier molecular flexibility index (Phi) is 4.29. The van der Waals surface area contributed by atoms with E-state index in [1.807, 2.05) is 0 Å². The largest absolute Gasteiger partial charge is 0.465 e. The Balaban J connectivity index is 2.34. The van der Waals surface area contributed by atoms with Crippen LogP contribution in [0.5, 0.6) is 0 Å². The Morgan fingerprint density at radius 2 is 2.15 bits per heavy atom. The standard InChI is InChI=1S/C13H18N2O4S/c1-2-19-13(16)11-7-5-9-15(11)20(17,18)12-8-4-3-6-10(12)14/h3-4,6,8,11H,2,5,7,9,14H2,1H3/t11-/m0/s1. The molecule has 2 N–H and O–H groups in total. The second kappa shape index (κ2) is 5.80. The number of ether oxygens (including phenoxy) is 1. The molecular weight excluding hydrogens is 280 g/mol. The monoisotopic (exact) mass is 298 g/mol. The molecule has 1 aliphatic heterocycles. The first-order valence-corrected chi connectivity index (χ1v) is 7.95. The van der Waals surface area contributed by atoms with Crippen LogP contribution in [0.4, 0.5) is 5.69 Å². The first kappa shape index (κ1) is 14.8. The van der Waals surface area contributed by atoms with Gasteiger partial charge in [0.1, 0.15) is 10.9 Å². The average molecular weight is 298 g/mol. The summed E-state index contributed by atoms with van der Waals surface area (Å²) in [7, 11) is -3.77. The molecule has 1 aliphatic rings. The summed E-state index contributed by atoms with van der Waals surface area (Å²) in [6.07, 6.45) is 1.11. The van der Waals surface area contributed by atoms with Crippen LogP contribution in [0.15, 0.2) is 29.2 Å². The summed E-state index contributed by atoms with van der Waals surface area (Å²) in [5, 5.41) is 0. The molecule has 1 heterocycles. The normalized spacial score (nSPS) is 19.9. The van der Waals surface area contributed by atoms with Gasteiger partial charge in [-0.15, -0.1) is 0 Å². The maximum atomic E-state index is 12.6. The van der Waals surface area contributed by atoms with Crippen LogP contribution in [0.2, 0.25) is 0 Å². The molecule has 20 heavy (non-hydrogen) atoms. The zero-order valence-corrected chi connectivity index (χ0v) is 12.1. The van der Waals surface area contributed by atoms with E-state index in [1.54, 1.807) is 19.1 Å². The lowest BCUT2D eigenvalue weighted by molar-refractivity contribution is -0.146. The molecule has 1 aromatic carbocycles. The van der Waals surface area contributed by atoms with Crippen molar-refractivity contribution in [3.8, 4) is 0 Å². The average Bonchev–Trinajstić information content (AvgIpc) is 2.89. The molecule has 0 bridgehead atoms. The van der Waals surface area contributed by atoms with E-state index < -0.39 is 22.0 Å². The lowest BCUT2D eigenvalue weighted by Gasteiger charge is -2.23. The Labute approximate surface area is 118 Å². The smallest absolute Gasteiger partial charge is 0.324 e. The van der Waals surface area contributed by atoms with E-state index in [9.17, 15) is 13.2 Å². The number of nitrogens with two attached hydrogens (primary N) is 1. The van der Waals surface area contributed by atoms with Crippen LogP contribution in [-0.4, -0.2) is 37.9 Å². The van der Waals surface area contributed by atoms with Gasteiger partial charge < -0.3 is 10.5 Å². The van der Waals surface area contributed by atoms with Crippen molar-refractivity contribution in [1.82, 2.24) is 4.31 Å². The van der Waals surface area contributed by atoms with E-state index in [4.69, 9.17) is 10.5 Å². The maximum Gasteiger partial charge on any atom is 0.324 e. The molecular formula is C13H18N2O4S. The number of rotatable bonds is 4. The minimum absolute atomic E-state index is 0.0381. The van der Waals surface area contributed by atoms with Gasteiger partial charge in [-0.1, -0.05) is 12.1 Å². The number of nitrogen functional groups attached to an aromatic ring is 1. The van der Waals surface area contributed by atoms with Gasteiger partial charge in [0.05, 0.1) is 12.3 Å². The van der Waals surface area contributed by atoms with Crippen molar-refractivity contribution in [2.24, 2.45) is 0 Å². The number of anilines is 1. The molecule has 0 amide bonds. The summed E-state index contributed by atoms with van der Waals surface area (Å²) < 4.78 is 31.4. The fraction of sp³-hybridized carbons (Fsp3) is 0.462. The van der Waals surface area contributed by atoms with Crippen molar-refractivity contribution in [2.75, 3.05) is 18.9 Å². The quantitative estimate of drug-likeness (QED) is 0.661. The Morgan fingerprint density at radius 3 is 2.80 bits per heavy atom. The summed E-state index contributed by atoms with van der Waals surface area (Å²) in [5.74, 6) is -0.497. The number of para-hydroxylation sites is 1. The number of carbonyl (C=O) groups excluding carboxylic acids is 1.